The van der Waals surface area contributed by atoms with Crippen LogP contribution in [0.5, 0.6) is 0 Å². The van der Waals surface area contributed by atoms with Gasteiger partial charge in [-0.1, -0.05) is 44.5 Å². The van der Waals surface area contributed by atoms with Crippen LogP contribution in [0.3, 0.4) is 0 Å². The first-order chi connectivity index (χ1) is 10.3. The minimum Gasteiger partial charge on any atom is -0.378 e. The van der Waals surface area contributed by atoms with Crippen molar-refractivity contribution in [1.82, 2.24) is 5.32 Å². The molecule has 21 heavy (non-hydrogen) atoms. The second-order valence-corrected chi connectivity index (χ2v) is 6.60. The van der Waals surface area contributed by atoms with E-state index in [0.29, 0.717) is 18.1 Å². The number of ether oxygens (including phenoxy) is 1. The Labute approximate surface area is 129 Å². The van der Waals surface area contributed by atoms with E-state index >= 15 is 0 Å². The van der Waals surface area contributed by atoms with Crippen LogP contribution in [0.1, 0.15) is 69.0 Å². The largest absolute Gasteiger partial charge is 0.378 e. The summed E-state index contributed by atoms with van der Waals surface area (Å²) in [7, 11) is 0. The lowest BCUT2D eigenvalue weighted by Crippen LogP contribution is -2.32. The molecule has 0 bridgehead atoms. The summed E-state index contributed by atoms with van der Waals surface area (Å²) in [6.45, 7) is 6.38. The van der Waals surface area contributed by atoms with Gasteiger partial charge in [0, 0.05) is 18.6 Å². The number of rotatable bonds is 6. The minimum atomic E-state index is 0.417. The summed E-state index contributed by atoms with van der Waals surface area (Å²) in [6.07, 6.45) is 6.88. The Bertz CT molecular complexity index is 437. The molecular formula is C19H29NO. The maximum absolute atomic E-state index is 5.91. The van der Waals surface area contributed by atoms with Gasteiger partial charge in [0.1, 0.15) is 0 Å². The summed E-state index contributed by atoms with van der Waals surface area (Å²) < 4.78 is 5.91. The molecule has 1 aliphatic heterocycles. The van der Waals surface area contributed by atoms with E-state index < -0.39 is 0 Å². The third-order valence-corrected chi connectivity index (χ3v) is 5.39. The molecule has 0 spiro atoms. The van der Waals surface area contributed by atoms with Gasteiger partial charge < -0.3 is 10.1 Å². The predicted molar refractivity (Wildman–Crippen MR) is 87.6 cm³/mol. The van der Waals surface area contributed by atoms with Crippen molar-refractivity contribution in [2.75, 3.05) is 13.2 Å². The van der Waals surface area contributed by atoms with Gasteiger partial charge in [0.05, 0.1) is 6.10 Å². The van der Waals surface area contributed by atoms with Gasteiger partial charge in [-0.2, -0.15) is 0 Å². The van der Waals surface area contributed by atoms with Crippen LogP contribution in [0.25, 0.3) is 0 Å². The molecule has 2 heteroatoms. The molecule has 1 heterocycles. The summed E-state index contributed by atoms with van der Waals surface area (Å²) in [5, 5.41) is 3.70. The van der Waals surface area contributed by atoms with Gasteiger partial charge in [0.15, 0.2) is 0 Å². The fraction of sp³-hybridized carbons (Fsp3) is 0.684. The number of benzene rings is 1. The normalized spacial score (nSPS) is 27.5. The Kier molecular flexibility index (Phi) is 4.97. The van der Waals surface area contributed by atoms with Crippen LogP contribution in [0.15, 0.2) is 24.3 Å². The molecule has 3 unspecified atom stereocenters. The second-order valence-electron chi connectivity index (χ2n) is 6.60. The highest BCUT2D eigenvalue weighted by Gasteiger charge is 2.34. The van der Waals surface area contributed by atoms with Gasteiger partial charge in [-0.15, -0.1) is 0 Å². The monoisotopic (exact) mass is 287 g/mol. The van der Waals surface area contributed by atoms with E-state index in [9.17, 15) is 0 Å². The smallest absolute Gasteiger partial charge is 0.0619 e. The Morgan fingerprint density at radius 3 is 2.48 bits per heavy atom. The fourth-order valence-corrected chi connectivity index (χ4v) is 3.92. The molecule has 1 aromatic rings. The lowest BCUT2D eigenvalue weighted by atomic mass is 9.79. The van der Waals surface area contributed by atoms with E-state index in [0.717, 1.165) is 25.5 Å². The standard InChI is InChI=1S/C19H29NO/c1-3-18-17(12-13-21-18)19(20-4-2)16-10-8-15(9-11-16)14-6-5-7-14/h8-11,14,17-20H,3-7,12-13H2,1-2H3. The van der Waals surface area contributed by atoms with Gasteiger partial charge in [0.2, 0.25) is 0 Å². The molecule has 0 amide bonds. The highest BCUT2D eigenvalue weighted by Crippen LogP contribution is 2.38. The zero-order valence-electron chi connectivity index (χ0n) is 13.5. The molecule has 2 nitrogen and oxygen atoms in total. The van der Waals surface area contributed by atoms with Gasteiger partial charge in [-0.3, -0.25) is 0 Å². The average Bonchev–Trinajstić information content (AvgIpc) is 2.92. The van der Waals surface area contributed by atoms with Crippen molar-refractivity contribution >= 4 is 0 Å². The Balaban J connectivity index is 1.76. The topological polar surface area (TPSA) is 21.3 Å². The maximum atomic E-state index is 5.91. The lowest BCUT2D eigenvalue weighted by molar-refractivity contribution is 0.0776. The highest BCUT2D eigenvalue weighted by atomic mass is 16.5. The van der Waals surface area contributed by atoms with Crippen LogP contribution in [0.2, 0.25) is 0 Å². The molecule has 2 fully saturated rings. The van der Waals surface area contributed by atoms with E-state index in [2.05, 4.69) is 43.4 Å². The predicted octanol–water partition coefficient (Wildman–Crippen LogP) is 4.42. The molecule has 0 aromatic heterocycles. The van der Waals surface area contributed by atoms with E-state index in [1.165, 1.54) is 36.8 Å². The Morgan fingerprint density at radius 1 is 1.14 bits per heavy atom. The lowest BCUT2D eigenvalue weighted by Gasteiger charge is -2.30. The molecule has 1 saturated heterocycles. The zero-order valence-corrected chi connectivity index (χ0v) is 13.5. The molecule has 1 saturated carbocycles. The fourth-order valence-electron chi connectivity index (χ4n) is 3.92. The van der Waals surface area contributed by atoms with Crippen molar-refractivity contribution in [3.05, 3.63) is 35.4 Å². The Hall–Kier alpha value is -0.860. The number of hydrogen-bond donors (Lipinski definition) is 1. The summed E-state index contributed by atoms with van der Waals surface area (Å²) in [6, 6.07) is 9.87. The summed E-state index contributed by atoms with van der Waals surface area (Å²) in [5.41, 5.74) is 2.98. The van der Waals surface area contributed by atoms with Crippen molar-refractivity contribution in [3.63, 3.8) is 0 Å². The van der Waals surface area contributed by atoms with E-state index in [1.807, 2.05) is 0 Å². The molecule has 0 radical (unpaired) electrons. The van der Waals surface area contributed by atoms with E-state index in [-0.39, 0.29) is 0 Å². The molecule has 1 aromatic carbocycles. The molecule has 3 atom stereocenters. The van der Waals surface area contributed by atoms with Crippen LogP contribution in [-0.4, -0.2) is 19.3 Å². The van der Waals surface area contributed by atoms with Crippen molar-refractivity contribution in [2.45, 2.75) is 64.0 Å². The molecule has 116 valence electrons. The van der Waals surface area contributed by atoms with Crippen molar-refractivity contribution in [3.8, 4) is 0 Å². The first kappa shape index (κ1) is 15.1. The quantitative estimate of drug-likeness (QED) is 0.836. The van der Waals surface area contributed by atoms with Crippen molar-refractivity contribution < 1.29 is 4.74 Å². The molecule has 1 N–H and O–H groups in total. The molecule has 3 rings (SSSR count). The van der Waals surface area contributed by atoms with Gasteiger partial charge >= 0.3 is 0 Å². The highest BCUT2D eigenvalue weighted by molar-refractivity contribution is 5.29. The van der Waals surface area contributed by atoms with Crippen molar-refractivity contribution in [1.29, 1.82) is 0 Å². The minimum absolute atomic E-state index is 0.417. The molecule has 2 aliphatic rings. The van der Waals surface area contributed by atoms with Gasteiger partial charge in [-0.25, -0.2) is 0 Å². The van der Waals surface area contributed by atoms with E-state index in [1.54, 1.807) is 0 Å². The summed E-state index contributed by atoms with van der Waals surface area (Å²) >= 11 is 0. The Morgan fingerprint density at radius 2 is 1.90 bits per heavy atom. The van der Waals surface area contributed by atoms with Crippen LogP contribution >= 0.6 is 0 Å². The summed E-state index contributed by atoms with van der Waals surface area (Å²) in [5.74, 6) is 1.44. The van der Waals surface area contributed by atoms with Crippen LogP contribution in [0, 0.1) is 5.92 Å². The maximum Gasteiger partial charge on any atom is 0.0619 e. The second kappa shape index (κ2) is 6.93. The first-order valence-electron chi connectivity index (χ1n) is 8.78. The SMILES string of the molecule is CCNC(c1ccc(C2CCC2)cc1)C1CCOC1CC. The van der Waals surface area contributed by atoms with Crippen molar-refractivity contribution in [2.24, 2.45) is 5.92 Å². The third kappa shape index (κ3) is 3.17. The third-order valence-electron chi connectivity index (χ3n) is 5.39. The zero-order chi connectivity index (χ0) is 14.7. The summed E-state index contributed by atoms with van der Waals surface area (Å²) in [4.78, 5) is 0. The van der Waals surface area contributed by atoms with E-state index in [4.69, 9.17) is 4.74 Å². The van der Waals surface area contributed by atoms with Crippen LogP contribution in [0.4, 0.5) is 0 Å². The number of hydrogen-bond acceptors (Lipinski definition) is 2. The molecular weight excluding hydrogens is 258 g/mol. The molecule has 1 aliphatic carbocycles. The van der Waals surface area contributed by atoms with Gasteiger partial charge in [-0.05, 0) is 49.3 Å². The van der Waals surface area contributed by atoms with Gasteiger partial charge in [0.25, 0.3) is 0 Å². The first-order valence-corrected chi connectivity index (χ1v) is 8.78. The average molecular weight is 287 g/mol. The van der Waals surface area contributed by atoms with Crippen LogP contribution < -0.4 is 5.32 Å². The number of nitrogens with one attached hydrogen (secondary N) is 1. The van der Waals surface area contributed by atoms with Crippen LogP contribution in [-0.2, 0) is 4.74 Å².